The SMILES string of the molecule is CCCCNC(=NCc1ccc(OC)cc1)NCC.I. The van der Waals surface area contributed by atoms with Crippen LogP contribution in [0.4, 0.5) is 0 Å². The molecule has 4 nitrogen and oxygen atoms in total. The molecule has 20 heavy (non-hydrogen) atoms. The molecule has 0 unspecified atom stereocenters. The fourth-order valence-electron chi connectivity index (χ4n) is 1.63. The maximum absolute atomic E-state index is 5.14. The molecular formula is C15H26IN3O. The van der Waals surface area contributed by atoms with Crippen LogP contribution in [0.2, 0.25) is 0 Å². The first kappa shape index (κ1) is 19.0. The summed E-state index contributed by atoms with van der Waals surface area (Å²) in [6.07, 6.45) is 2.35. The van der Waals surface area contributed by atoms with E-state index in [1.165, 1.54) is 12.0 Å². The lowest BCUT2D eigenvalue weighted by Crippen LogP contribution is -2.37. The van der Waals surface area contributed by atoms with E-state index in [2.05, 4.69) is 29.5 Å². The first-order valence-electron chi connectivity index (χ1n) is 6.95. The fraction of sp³-hybridized carbons (Fsp3) is 0.533. The molecule has 0 spiro atoms. The van der Waals surface area contributed by atoms with Crippen molar-refractivity contribution in [3.05, 3.63) is 29.8 Å². The number of halogens is 1. The van der Waals surface area contributed by atoms with Crippen LogP contribution in [0.5, 0.6) is 5.75 Å². The van der Waals surface area contributed by atoms with Crippen LogP contribution in [0.25, 0.3) is 0 Å². The summed E-state index contributed by atoms with van der Waals surface area (Å²) in [4.78, 5) is 4.56. The first-order chi connectivity index (χ1) is 9.30. The number of aliphatic imine (C=N–C) groups is 1. The molecule has 2 N–H and O–H groups in total. The van der Waals surface area contributed by atoms with Gasteiger partial charge >= 0.3 is 0 Å². The van der Waals surface area contributed by atoms with E-state index in [1.54, 1.807) is 7.11 Å². The van der Waals surface area contributed by atoms with Crippen LogP contribution in [0.1, 0.15) is 32.3 Å². The molecule has 0 bridgehead atoms. The molecule has 0 aliphatic carbocycles. The molecule has 0 aromatic heterocycles. The lowest BCUT2D eigenvalue weighted by molar-refractivity contribution is 0.414. The number of hydrogen-bond acceptors (Lipinski definition) is 2. The lowest BCUT2D eigenvalue weighted by atomic mass is 10.2. The van der Waals surface area contributed by atoms with Crippen molar-refractivity contribution in [3.63, 3.8) is 0 Å². The number of ether oxygens (including phenoxy) is 1. The van der Waals surface area contributed by atoms with Gasteiger partial charge in [0, 0.05) is 13.1 Å². The molecule has 114 valence electrons. The van der Waals surface area contributed by atoms with Gasteiger partial charge in [0.2, 0.25) is 0 Å². The monoisotopic (exact) mass is 391 g/mol. The minimum absolute atomic E-state index is 0. The summed E-state index contributed by atoms with van der Waals surface area (Å²) in [5.41, 5.74) is 1.17. The summed E-state index contributed by atoms with van der Waals surface area (Å²) in [5.74, 6) is 1.76. The predicted molar refractivity (Wildman–Crippen MR) is 96.1 cm³/mol. The van der Waals surface area contributed by atoms with Crippen molar-refractivity contribution in [2.24, 2.45) is 4.99 Å². The molecule has 0 radical (unpaired) electrons. The highest BCUT2D eigenvalue weighted by atomic mass is 127. The Morgan fingerprint density at radius 2 is 1.85 bits per heavy atom. The summed E-state index contributed by atoms with van der Waals surface area (Å²) in [6.45, 7) is 6.77. The molecule has 1 aromatic rings. The molecule has 0 atom stereocenters. The number of methoxy groups -OCH3 is 1. The molecular weight excluding hydrogens is 365 g/mol. The summed E-state index contributed by atoms with van der Waals surface area (Å²) in [7, 11) is 1.67. The van der Waals surface area contributed by atoms with Gasteiger partial charge in [-0.25, -0.2) is 4.99 Å². The van der Waals surface area contributed by atoms with Crippen LogP contribution in [0.3, 0.4) is 0 Å². The van der Waals surface area contributed by atoms with Crippen molar-refractivity contribution in [1.82, 2.24) is 10.6 Å². The van der Waals surface area contributed by atoms with Crippen LogP contribution in [-0.2, 0) is 6.54 Å². The van der Waals surface area contributed by atoms with Crippen molar-refractivity contribution in [3.8, 4) is 5.75 Å². The maximum Gasteiger partial charge on any atom is 0.191 e. The summed E-state index contributed by atoms with van der Waals surface area (Å²) in [5, 5.41) is 6.58. The highest BCUT2D eigenvalue weighted by Gasteiger charge is 1.97. The average Bonchev–Trinajstić information content (AvgIpc) is 2.45. The van der Waals surface area contributed by atoms with Gasteiger partial charge in [-0.3, -0.25) is 0 Å². The van der Waals surface area contributed by atoms with Gasteiger partial charge in [0.15, 0.2) is 5.96 Å². The second kappa shape index (κ2) is 11.8. The summed E-state index contributed by atoms with van der Waals surface area (Å²) >= 11 is 0. The molecule has 1 aromatic carbocycles. The zero-order valence-corrected chi connectivity index (χ0v) is 14.9. The Kier molecular flexibility index (Phi) is 11.2. The average molecular weight is 391 g/mol. The smallest absolute Gasteiger partial charge is 0.191 e. The van der Waals surface area contributed by atoms with Gasteiger partial charge in [-0.05, 0) is 31.0 Å². The van der Waals surface area contributed by atoms with Crippen molar-refractivity contribution < 1.29 is 4.74 Å². The Bertz CT molecular complexity index is 379. The number of nitrogens with zero attached hydrogens (tertiary/aromatic N) is 1. The number of unbranched alkanes of at least 4 members (excludes halogenated alkanes) is 1. The maximum atomic E-state index is 5.14. The standard InChI is InChI=1S/C15H25N3O.HI/c1-4-6-11-17-15(16-5-2)18-12-13-7-9-14(19-3)10-8-13;/h7-10H,4-6,11-12H2,1-3H3,(H2,16,17,18);1H. The van der Waals surface area contributed by atoms with Crippen molar-refractivity contribution in [1.29, 1.82) is 0 Å². The quantitative estimate of drug-likeness (QED) is 0.325. The largest absolute Gasteiger partial charge is 0.497 e. The number of rotatable bonds is 7. The number of guanidine groups is 1. The second-order valence-electron chi connectivity index (χ2n) is 4.32. The van der Waals surface area contributed by atoms with E-state index in [0.29, 0.717) is 6.54 Å². The molecule has 0 fully saturated rings. The van der Waals surface area contributed by atoms with Gasteiger partial charge in [-0.2, -0.15) is 0 Å². The van der Waals surface area contributed by atoms with Gasteiger partial charge in [0.1, 0.15) is 5.75 Å². The Balaban J connectivity index is 0.00000361. The highest BCUT2D eigenvalue weighted by Crippen LogP contribution is 2.11. The Labute approximate surface area is 139 Å². The topological polar surface area (TPSA) is 45.7 Å². The molecule has 0 saturated carbocycles. The summed E-state index contributed by atoms with van der Waals surface area (Å²) < 4.78 is 5.14. The van der Waals surface area contributed by atoms with Crippen molar-refractivity contribution in [2.75, 3.05) is 20.2 Å². The van der Waals surface area contributed by atoms with Gasteiger partial charge in [-0.15, -0.1) is 24.0 Å². The van der Waals surface area contributed by atoms with Gasteiger partial charge in [0.25, 0.3) is 0 Å². The Morgan fingerprint density at radius 1 is 1.15 bits per heavy atom. The van der Waals surface area contributed by atoms with Crippen LogP contribution in [0, 0.1) is 0 Å². The molecule has 1 rings (SSSR count). The number of hydrogen-bond donors (Lipinski definition) is 2. The van der Waals surface area contributed by atoms with Gasteiger partial charge in [-0.1, -0.05) is 25.5 Å². The molecule has 0 amide bonds. The van der Waals surface area contributed by atoms with E-state index in [4.69, 9.17) is 4.74 Å². The minimum atomic E-state index is 0. The van der Waals surface area contributed by atoms with E-state index in [9.17, 15) is 0 Å². The Hall–Kier alpha value is -0.980. The van der Waals surface area contributed by atoms with E-state index in [0.717, 1.165) is 31.2 Å². The van der Waals surface area contributed by atoms with E-state index < -0.39 is 0 Å². The molecule has 5 heteroatoms. The fourth-order valence-corrected chi connectivity index (χ4v) is 1.63. The number of nitrogens with one attached hydrogen (secondary N) is 2. The first-order valence-corrected chi connectivity index (χ1v) is 6.95. The van der Waals surface area contributed by atoms with E-state index in [1.807, 2.05) is 24.3 Å². The third kappa shape index (κ3) is 7.57. The van der Waals surface area contributed by atoms with Crippen LogP contribution < -0.4 is 15.4 Å². The van der Waals surface area contributed by atoms with Gasteiger partial charge < -0.3 is 15.4 Å². The van der Waals surface area contributed by atoms with Crippen LogP contribution in [-0.4, -0.2) is 26.2 Å². The summed E-state index contributed by atoms with van der Waals surface area (Å²) in [6, 6.07) is 8.00. The second-order valence-corrected chi connectivity index (χ2v) is 4.32. The lowest BCUT2D eigenvalue weighted by Gasteiger charge is -2.10. The molecule has 0 heterocycles. The van der Waals surface area contributed by atoms with Gasteiger partial charge in [0.05, 0.1) is 13.7 Å². The third-order valence-corrected chi connectivity index (χ3v) is 2.75. The van der Waals surface area contributed by atoms with E-state index in [-0.39, 0.29) is 24.0 Å². The minimum Gasteiger partial charge on any atom is -0.497 e. The molecule has 0 saturated heterocycles. The van der Waals surface area contributed by atoms with Crippen molar-refractivity contribution in [2.45, 2.75) is 33.2 Å². The number of benzene rings is 1. The molecule has 0 aliphatic heterocycles. The Morgan fingerprint density at radius 3 is 2.40 bits per heavy atom. The highest BCUT2D eigenvalue weighted by molar-refractivity contribution is 14.0. The third-order valence-electron chi connectivity index (χ3n) is 2.75. The predicted octanol–water partition coefficient (Wildman–Crippen LogP) is 3.17. The van der Waals surface area contributed by atoms with Crippen LogP contribution in [0.15, 0.2) is 29.3 Å². The van der Waals surface area contributed by atoms with Crippen LogP contribution >= 0.6 is 24.0 Å². The van der Waals surface area contributed by atoms with E-state index >= 15 is 0 Å². The van der Waals surface area contributed by atoms with Crippen molar-refractivity contribution >= 4 is 29.9 Å². The zero-order valence-electron chi connectivity index (χ0n) is 12.6. The molecule has 0 aliphatic rings. The zero-order chi connectivity index (χ0) is 13.9. The normalized spacial score (nSPS) is 10.7.